The molecule has 0 N–H and O–H groups in total. The van der Waals surface area contributed by atoms with Crippen LogP contribution in [0.25, 0.3) is 17.5 Å². The Morgan fingerprint density at radius 2 is 1.42 bits per heavy atom. The number of esters is 1. The number of methoxy groups -OCH3 is 1. The van der Waals surface area contributed by atoms with Crippen molar-refractivity contribution in [3.63, 3.8) is 0 Å². The Morgan fingerprint density at radius 1 is 0.923 bits per heavy atom. The van der Waals surface area contributed by atoms with Gasteiger partial charge in [-0.3, -0.25) is 0 Å². The number of carbonyl (C=O) groups is 1. The van der Waals surface area contributed by atoms with E-state index in [4.69, 9.17) is 69.6 Å². The molecule has 0 aliphatic rings. The summed E-state index contributed by atoms with van der Waals surface area (Å²) in [4.78, 5) is 23.3. The summed E-state index contributed by atoms with van der Waals surface area (Å²) < 4.78 is 0.677. The first-order chi connectivity index (χ1) is 12.0. The number of halogens is 6. The fraction of sp³-hybridized carbons (Fsp3) is 0.200. The maximum absolute atomic E-state index is 11.1. The Morgan fingerprint density at radius 3 is 1.85 bits per heavy atom. The van der Waals surface area contributed by atoms with Gasteiger partial charge in [-0.15, -0.1) is 0 Å². The van der Waals surface area contributed by atoms with Crippen LogP contribution in [-0.2, 0) is 17.1 Å². The molecule has 138 valence electrons. The van der Waals surface area contributed by atoms with Crippen LogP contribution in [0.5, 0.6) is 0 Å². The first-order valence-electron chi connectivity index (χ1n) is 6.77. The standard InChI is InChI=1S/C15H9Cl6N3O2/c1-26-10(25)7-4-8-2-5-9(6-3-8)11-22-12(14(16,17)18)24-13(23-11)15(19,20)21/h2-7H,1H3/b7-4+. The molecule has 0 atom stereocenters. The number of carbonyl (C=O) groups excluding carboxylic acids is 1. The molecule has 0 aliphatic heterocycles. The summed E-state index contributed by atoms with van der Waals surface area (Å²) in [5, 5.41) is 0. The second-order valence-corrected chi connectivity index (χ2v) is 9.34. The molecule has 1 aromatic carbocycles. The molecule has 0 radical (unpaired) electrons. The van der Waals surface area contributed by atoms with E-state index < -0.39 is 13.6 Å². The summed E-state index contributed by atoms with van der Waals surface area (Å²) in [6.07, 6.45) is 2.88. The van der Waals surface area contributed by atoms with Crippen molar-refractivity contribution in [3.8, 4) is 11.4 Å². The van der Waals surface area contributed by atoms with Crippen LogP contribution in [0.4, 0.5) is 0 Å². The van der Waals surface area contributed by atoms with E-state index in [0.717, 1.165) is 5.56 Å². The molecule has 5 nitrogen and oxygen atoms in total. The molecule has 0 spiro atoms. The lowest BCUT2D eigenvalue weighted by molar-refractivity contribution is -0.134. The average Bonchev–Trinajstić information content (AvgIpc) is 2.58. The lowest BCUT2D eigenvalue weighted by atomic mass is 10.1. The van der Waals surface area contributed by atoms with E-state index in [1.807, 2.05) is 0 Å². The normalized spacial score (nSPS) is 12.4. The van der Waals surface area contributed by atoms with Crippen LogP contribution >= 0.6 is 69.6 Å². The number of hydrogen-bond acceptors (Lipinski definition) is 5. The van der Waals surface area contributed by atoms with Gasteiger partial charge in [0.15, 0.2) is 17.5 Å². The number of rotatable bonds is 3. The highest BCUT2D eigenvalue weighted by molar-refractivity contribution is 6.67. The fourth-order valence-electron chi connectivity index (χ4n) is 1.73. The van der Waals surface area contributed by atoms with Gasteiger partial charge in [0.2, 0.25) is 7.59 Å². The summed E-state index contributed by atoms with van der Waals surface area (Å²) in [6, 6.07) is 6.83. The Hall–Kier alpha value is -0.820. The third-order valence-corrected chi connectivity index (χ3v) is 3.94. The van der Waals surface area contributed by atoms with Crippen molar-refractivity contribution < 1.29 is 9.53 Å². The predicted molar refractivity (Wildman–Crippen MR) is 105 cm³/mol. The zero-order valence-corrected chi connectivity index (χ0v) is 17.4. The number of alkyl halides is 6. The van der Waals surface area contributed by atoms with Gasteiger partial charge in [-0.1, -0.05) is 93.9 Å². The molecule has 0 bridgehead atoms. The molecule has 0 amide bonds. The quantitative estimate of drug-likeness (QED) is 0.339. The molecule has 0 aliphatic carbocycles. The van der Waals surface area contributed by atoms with E-state index in [9.17, 15) is 4.79 Å². The van der Waals surface area contributed by atoms with Crippen molar-refractivity contribution in [1.29, 1.82) is 0 Å². The van der Waals surface area contributed by atoms with Gasteiger partial charge in [0.1, 0.15) is 0 Å². The molecule has 0 saturated heterocycles. The van der Waals surface area contributed by atoms with Crippen LogP contribution in [0, 0.1) is 0 Å². The maximum Gasteiger partial charge on any atom is 0.330 e. The molecule has 0 unspecified atom stereocenters. The molecular formula is C15H9Cl6N3O2. The Labute approximate surface area is 179 Å². The van der Waals surface area contributed by atoms with Crippen LogP contribution in [-0.4, -0.2) is 28.0 Å². The van der Waals surface area contributed by atoms with Crippen molar-refractivity contribution in [2.24, 2.45) is 0 Å². The van der Waals surface area contributed by atoms with Crippen molar-refractivity contribution >= 4 is 81.7 Å². The Kier molecular flexibility index (Phi) is 6.99. The Balaban J connectivity index is 2.44. The van der Waals surface area contributed by atoms with Crippen molar-refractivity contribution in [2.45, 2.75) is 7.59 Å². The smallest absolute Gasteiger partial charge is 0.330 e. The van der Waals surface area contributed by atoms with Crippen LogP contribution in [0.1, 0.15) is 17.2 Å². The minimum atomic E-state index is -1.93. The van der Waals surface area contributed by atoms with Gasteiger partial charge in [-0.2, -0.15) is 0 Å². The van der Waals surface area contributed by atoms with Crippen LogP contribution in [0.15, 0.2) is 30.3 Å². The molecular weight excluding hydrogens is 467 g/mol. The van der Waals surface area contributed by atoms with Gasteiger partial charge in [-0.05, 0) is 11.6 Å². The highest BCUT2D eigenvalue weighted by Gasteiger charge is 2.33. The maximum atomic E-state index is 11.1. The lowest BCUT2D eigenvalue weighted by Gasteiger charge is -2.15. The van der Waals surface area contributed by atoms with Gasteiger partial charge < -0.3 is 4.74 Å². The van der Waals surface area contributed by atoms with Crippen LogP contribution in [0.3, 0.4) is 0 Å². The van der Waals surface area contributed by atoms with Crippen molar-refractivity contribution in [2.75, 3.05) is 7.11 Å². The number of aromatic nitrogens is 3. The fourth-order valence-corrected chi connectivity index (χ4v) is 2.24. The van der Waals surface area contributed by atoms with Gasteiger partial charge in [0, 0.05) is 11.6 Å². The monoisotopic (exact) mass is 473 g/mol. The van der Waals surface area contributed by atoms with E-state index in [1.165, 1.54) is 13.2 Å². The lowest BCUT2D eigenvalue weighted by Crippen LogP contribution is -2.16. The minimum absolute atomic E-state index is 0.158. The highest BCUT2D eigenvalue weighted by Crippen LogP contribution is 2.40. The Bertz CT molecular complexity index is 797. The SMILES string of the molecule is COC(=O)/C=C/c1ccc(-c2nc(C(Cl)(Cl)Cl)nc(C(Cl)(Cl)Cl)n2)cc1. The third-order valence-electron chi connectivity index (χ3n) is 2.92. The average molecular weight is 476 g/mol. The van der Waals surface area contributed by atoms with E-state index in [0.29, 0.717) is 5.56 Å². The van der Waals surface area contributed by atoms with Crippen molar-refractivity contribution in [1.82, 2.24) is 15.0 Å². The molecule has 2 aromatic rings. The minimum Gasteiger partial charge on any atom is -0.466 e. The van der Waals surface area contributed by atoms with E-state index >= 15 is 0 Å². The van der Waals surface area contributed by atoms with Gasteiger partial charge >= 0.3 is 5.97 Å². The molecule has 11 heteroatoms. The zero-order chi connectivity index (χ0) is 19.5. The highest BCUT2D eigenvalue weighted by atomic mass is 35.6. The summed E-state index contributed by atoms with van der Waals surface area (Å²) in [7, 11) is 1.29. The van der Waals surface area contributed by atoms with Crippen molar-refractivity contribution in [3.05, 3.63) is 47.6 Å². The van der Waals surface area contributed by atoms with E-state index in [-0.39, 0.29) is 17.5 Å². The number of ether oxygens (including phenoxy) is 1. The molecule has 26 heavy (non-hydrogen) atoms. The van der Waals surface area contributed by atoms with Gasteiger partial charge in [-0.25, -0.2) is 19.7 Å². The summed E-state index contributed by atoms with van der Waals surface area (Å²) >= 11 is 35.1. The summed E-state index contributed by atoms with van der Waals surface area (Å²) in [5.74, 6) is -0.663. The topological polar surface area (TPSA) is 65.0 Å². The molecule has 1 heterocycles. The first kappa shape index (κ1) is 21.5. The first-order valence-corrected chi connectivity index (χ1v) is 9.04. The van der Waals surface area contributed by atoms with Gasteiger partial charge in [0.05, 0.1) is 7.11 Å². The van der Waals surface area contributed by atoms with Crippen LogP contribution in [0.2, 0.25) is 0 Å². The molecule has 1 aromatic heterocycles. The second kappa shape index (κ2) is 8.46. The summed E-state index contributed by atoms with van der Waals surface area (Å²) in [5.41, 5.74) is 1.31. The number of benzene rings is 1. The number of hydrogen-bond donors (Lipinski definition) is 0. The molecule has 0 fully saturated rings. The van der Waals surface area contributed by atoms with Gasteiger partial charge in [0.25, 0.3) is 0 Å². The van der Waals surface area contributed by atoms with Crippen LogP contribution < -0.4 is 0 Å². The number of nitrogens with zero attached hydrogens (tertiary/aromatic N) is 3. The largest absolute Gasteiger partial charge is 0.466 e. The van der Waals surface area contributed by atoms with E-state index in [2.05, 4.69) is 19.7 Å². The summed E-state index contributed by atoms with van der Waals surface area (Å²) in [6.45, 7) is 0. The molecule has 2 rings (SSSR count). The third kappa shape index (κ3) is 5.84. The van der Waals surface area contributed by atoms with E-state index in [1.54, 1.807) is 30.3 Å². The predicted octanol–water partition coefficient (Wildman–Crippen LogP) is 5.38. The zero-order valence-electron chi connectivity index (χ0n) is 12.9. The second-order valence-electron chi connectivity index (χ2n) is 4.78. The molecule has 0 saturated carbocycles.